The van der Waals surface area contributed by atoms with E-state index in [1.807, 2.05) is 71.4 Å². The Bertz CT molecular complexity index is 1290. The number of carbonyl (C=O) groups is 1. The van der Waals surface area contributed by atoms with E-state index >= 15 is 0 Å². The third kappa shape index (κ3) is 6.88. The van der Waals surface area contributed by atoms with Crippen LogP contribution in [0.15, 0.2) is 72.8 Å². The Morgan fingerprint density at radius 1 is 1.02 bits per heavy atom. The number of benzene rings is 2. The number of ether oxygens (including phenoxy) is 3. The summed E-state index contributed by atoms with van der Waals surface area (Å²) in [6, 6.07) is 21.9. The molecule has 210 valence electrons. The van der Waals surface area contributed by atoms with Gasteiger partial charge in [-0.2, -0.15) is 0 Å². The first kappa shape index (κ1) is 27.8. The van der Waals surface area contributed by atoms with Gasteiger partial charge in [0.2, 0.25) is 0 Å². The Hall–Kier alpha value is -3.72. The Balaban J connectivity index is 1.31. The number of rotatable bonds is 9. The van der Waals surface area contributed by atoms with Crippen LogP contribution >= 0.6 is 0 Å². The fraction of sp³-hybridized carbons (Fsp3) is 0.375. The van der Waals surface area contributed by atoms with Gasteiger partial charge in [-0.05, 0) is 29.8 Å². The van der Waals surface area contributed by atoms with Gasteiger partial charge in [-0.15, -0.1) is 0 Å². The van der Waals surface area contributed by atoms with E-state index in [-0.39, 0.29) is 12.0 Å². The molecule has 5 rings (SSSR count). The molecule has 3 heterocycles. The van der Waals surface area contributed by atoms with Crippen molar-refractivity contribution in [1.82, 2.24) is 14.8 Å². The number of carbonyl (C=O) groups excluding carboxylic acids is 1. The predicted octanol–water partition coefficient (Wildman–Crippen LogP) is 4.08. The number of hydrogen-bond acceptors (Lipinski definition) is 7. The number of amides is 1. The molecule has 3 aromatic rings. The largest absolute Gasteiger partial charge is 0.496 e. The lowest BCUT2D eigenvalue weighted by molar-refractivity contribution is -0.0837. The molecular formula is C32H38N4O4. The lowest BCUT2D eigenvalue weighted by Gasteiger charge is -2.35. The number of nitrogens with zero attached hydrogens (tertiary/aromatic N) is 4. The first-order valence-electron chi connectivity index (χ1n) is 13.9. The average molecular weight is 543 g/mol. The lowest BCUT2D eigenvalue weighted by Crippen LogP contribution is -2.49. The van der Waals surface area contributed by atoms with Gasteiger partial charge in [-0.3, -0.25) is 9.69 Å². The van der Waals surface area contributed by atoms with Gasteiger partial charge in [-0.1, -0.05) is 54.6 Å². The quantitative estimate of drug-likeness (QED) is 0.404. The molecule has 8 heteroatoms. The number of anilines is 1. The van der Waals surface area contributed by atoms with Crippen LogP contribution in [0.25, 0.3) is 17.3 Å². The van der Waals surface area contributed by atoms with Gasteiger partial charge in [0.05, 0.1) is 44.3 Å². The van der Waals surface area contributed by atoms with Crippen LogP contribution in [-0.4, -0.2) is 100 Å². The number of likely N-dealkylation sites (N-methyl/N-ethyl adjacent to an activating group) is 1. The smallest absolute Gasteiger partial charge is 0.257 e. The van der Waals surface area contributed by atoms with E-state index in [9.17, 15) is 4.79 Å². The van der Waals surface area contributed by atoms with E-state index in [2.05, 4.69) is 29.2 Å². The molecule has 1 amide bonds. The summed E-state index contributed by atoms with van der Waals surface area (Å²) < 4.78 is 17.1. The molecule has 2 saturated heterocycles. The van der Waals surface area contributed by atoms with Crippen LogP contribution in [0.5, 0.6) is 5.75 Å². The number of hydrogen-bond donors (Lipinski definition) is 0. The van der Waals surface area contributed by atoms with Crippen LogP contribution in [-0.2, 0) is 9.47 Å². The second-order valence-electron chi connectivity index (χ2n) is 10.1. The molecule has 0 bridgehead atoms. The molecule has 8 nitrogen and oxygen atoms in total. The zero-order valence-corrected chi connectivity index (χ0v) is 23.4. The van der Waals surface area contributed by atoms with E-state index in [1.54, 1.807) is 7.11 Å². The topological polar surface area (TPSA) is 67.4 Å². The first-order valence-corrected chi connectivity index (χ1v) is 13.9. The lowest BCUT2D eigenvalue weighted by atomic mass is 10.1. The molecule has 1 atom stereocenters. The summed E-state index contributed by atoms with van der Waals surface area (Å²) in [7, 11) is 3.61. The molecule has 2 aliphatic heterocycles. The number of para-hydroxylation sites is 1. The normalized spacial score (nSPS) is 18.1. The van der Waals surface area contributed by atoms with Gasteiger partial charge >= 0.3 is 0 Å². The Labute approximate surface area is 236 Å². The number of piperazine rings is 1. The second kappa shape index (κ2) is 13.6. The van der Waals surface area contributed by atoms with Crippen LogP contribution in [0.1, 0.15) is 15.9 Å². The average Bonchev–Trinajstić information content (AvgIpc) is 3.02. The maximum atomic E-state index is 13.8. The summed E-state index contributed by atoms with van der Waals surface area (Å²) in [5.41, 5.74) is 3.43. The molecule has 2 aromatic carbocycles. The molecule has 0 radical (unpaired) electrons. The highest BCUT2D eigenvalue weighted by molar-refractivity contribution is 5.99. The molecule has 1 unspecified atom stereocenters. The number of pyridine rings is 1. The third-order valence-electron chi connectivity index (χ3n) is 7.35. The SMILES string of the molecule is COc1ccccc1-c1ccc(C(=O)N2CCN(CC=Cc3ccccc3)CC2)c(N(C)CC2COCCO2)n1. The number of aromatic nitrogens is 1. The minimum absolute atomic E-state index is 0.00113. The van der Waals surface area contributed by atoms with Gasteiger partial charge in [0.25, 0.3) is 5.91 Å². The second-order valence-corrected chi connectivity index (χ2v) is 10.1. The van der Waals surface area contributed by atoms with Crippen molar-refractivity contribution in [2.75, 3.05) is 78.1 Å². The van der Waals surface area contributed by atoms with Gasteiger partial charge in [0.15, 0.2) is 0 Å². The molecule has 0 aliphatic carbocycles. The molecule has 1 aromatic heterocycles. The van der Waals surface area contributed by atoms with Crippen LogP contribution in [0.2, 0.25) is 0 Å². The van der Waals surface area contributed by atoms with Crippen molar-refractivity contribution < 1.29 is 19.0 Å². The Morgan fingerprint density at radius 3 is 2.55 bits per heavy atom. The van der Waals surface area contributed by atoms with Crippen molar-refractivity contribution in [3.63, 3.8) is 0 Å². The molecule has 2 aliphatic rings. The fourth-order valence-electron chi connectivity index (χ4n) is 5.15. The molecular weight excluding hydrogens is 504 g/mol. The molecule has 0 saturated carbocycles. The van der Waals surface area contributed by atoms with Gasteiger partial charge in [0.1, 0.15) is 11.6 Å². The first-order chi connectivity index (χ1) is 19.6. The third-order valence-corrected chi connectivity index (χ3v) is 7.35. The summed E-state index contributed by atoms with van der Waals surface area (Å²) in [4.78, 5) is 25.2. The van der Waals surface area contributed by atoms with Crippen molar-refractivity contribution in [3.05, 3.63) is 83.9 Å². The van der Waals surface area contributed by atoms with Crippen molar-refractivity contribution >= 4 is 17.8 Å². The fourth-order valence-corrected chi connectivity index (χ4v) is 5.15. The van der Waals surface area contributed by atoms with E-state index < -0.39 is 0 Å². The summed E-state index contributed by atoms with van der Waals surface area (Å²) in [5, 5.41) is 0. The van der Waals surface area contributed by atoms with E-state index in [0.717, 1.165) is 36.6 Å². The summed E-state index contributed by atoms with van der Waals surface area (Å²) in [6.07, 6.45) is 4.26. The summed E-state index contributed by atoms with van der Waals surface area (Å²) in [5.74, 6) is 1.38. The van der Waals surface area contributed by atoms with Crippen LogP contribution < -0.4 is 9.64 Å². The Kier molecular flexibility index (Phi) is 9.44. The van der Waals surface area contributed by atoms with E-state index in [0.29, 0.717) is 50.8 Å². The minimum atomic E-state index is -0.0779. The van der Waals surface area contributed by atoms with Crippen molar-refractivity contribution in [2.24, 2.45) is 0 Å². The molecule has 40 heavy (non-hydrogen) atoms. The number of methoxy groups -OCH3 is 1. The van der Waals surface area contributed by atoms with E-state index in [4.69, 9.17) is 19.2 Å². The molecule has 0 spiro atoms. The van der Waals surface area contributed by atoms with Gasteiger partial charge < -0.3 is 24.0 Å². The highest BCUT2D eigenvalue weighted by Crippen LogP contribution is 2.31. The maximum absolute atomic E-state index is 13.8. The molecule has 2 fully saturated rings. The van der Waals surface area contributed by atoms with Crippen molar-refractivity contribution in [2.45, 2.75) is 6.10 Å². The Morgan fingerprint density at radius 2 is 1.80 bits per heavy atom. The van der Waals surface area contributed by atoms with E-state index in [1.165, 1.54) is 5.56 Å². The monoisotopic (exact) mass is 542 g/mol. The van der Waals surface area contributed by atoms with Crippen LogP contribution in [0.3, 0.4) is 0 Å². The maximum Gasteiger partial charge on any atom is 0.257 e. The van der Waals surface area contributed by atoms with Crippen LogP contribution in [0, 0.1) is 0 Å². The summed E-state index contributed by atoms with van der Waals surface area (Å²) in [6.45, 7) is 6.16. The highest BCUT2D eigenvalue weighted by Gasteiger charge is 2.27. The minimum Gasteiger partial charge on any atom is -0.496 e. The summed E-state index contributed by atoms with van der Waals surface area (Å²) >= 11 is 0. The zero-order chi connectivity index (χ0) is 27.7. The van der Waals surface area contributed by atoms with Crippen molar-refractivity contribution in [3.8, 4) is 17.0 Å². The standard InChI is InChI=1S/C32H38N4O4/c1-34(23-26-24-39-21-22-40-26)31-28(14-15-29(33-31)27-12-6-7-13-30(27)38-2)32(37)36-19-17-35(18-20-36)16-8-11-25-9-4-3-5-10-25/h3-15,26H,16-24H2,1-2H3. The van der Waals surface area contributed by atoms with Crippen molar-refractivity contribution in [1.29, 1.82) is 0 Å². The highest BCUT2D eigenvalue weighted by atomic mass is 16.6. The zero-order valence-electron chi connectivity index (χ0n) is 23.4. The van der Waals surface area contributed by atoms with Gasteiger partial charge in [0, 0.05) is 51.9 Å². The van der Waals surface area contributed by atoms with Crippen LogP contribution in [0.4, 0.5) is 5.82 Å². The molecule has 0 N–H and O–H groups in total. The van der Waals surface area contributed by atoms with Gasteiger partial charge in [-0.25, -0.2) is 4.98 Å². The predicted molar refractivity (Wildman–Crippen MR) is 158 cm³/mol.